The van der Waals surface area contributed by atoms with Gasteiger partial charge >= 0.3 is 34.5 Å². The minimum atomic E-state index is -4.63. The summed E-state index contributed by atoms with van der Waals surface area (Å²) < 4.78 is 43.7. The molecule has 0 aliphatic carbocycles. The molecule has 1 saturated heterocycles. The van der Waals surface area contributed by atoms with Crippen molar-refractivity contribution in [3.63, 3.8) is 0 Å². The first-order valence-electron chi connectivity index (χ1n) is 23.6. The van der Waals surface area contributed by atoms with Crippen molar-refractivity contribution in [2.45, 2.75) is 0 Å². The van der Waals surface area contributed by atoms with Crippen LogP contribution < -0.4 is 51.9 Å². The van der Waals surface area contributed by atoms with Crippen LogP contribution in [0.4, 0.5) is 0 Å². The minimum absolute atomic E-state index is 0.794. The molecule has 0 atom stereocenters. The molecule has 0 saturated carbocycles. The summed E-state index contributed by atoms with van der Waals surface area (Å²) in [5, 5.41) is 9.37. The number of hydrogen-bond donors (Lipinski definition) is 0. The summed E-state index contributed by atoms with van der Waals surface area (Å²) in [6.07, 6.45) is 0. The first kappa shape index (κ1) is 45.5. The lowest BCUT2D eigenvalue weighted by Gasteiger charge is -2.54. The van der Waals surface area contributed by atoms with Gasteiger partial charge in [0.1, 0.15) is 0 Å². The van der Waals surface area contributed by atoms with Gasteiger partial charge in [0.05, 0.1) is 0 Å². The smallest absolute Gasteiger partial charge is 0.402 e. The molecule has 0 amide bonds. The van der Waals surface area contributed by atoms with E-state index in [-0.39, 0.29) is 0 Å². The number of rotatable bonds is 12. The van der Waals surface area contributed by atoms with Crippen molar-refractivity contribution in [2.24, 2.45) is 0 Å². The summed E-state index contributed by atoms with van der Waals surface area (Å²) in [5.74, 6) is 0. The Balaban J connectivity index is 1.35. The predicted molar refractivity (Wildman–Crippen MR) is 295 cm³/mol. The fourth-order valence-electron chi connectivity index (χ4n) is 9.78. The van der Waals surface area contributed by atoms with Crippen molar-refractivity contribution in [3.05, 3.63) is 303 Å². The molecule has 11 rings (SSSR count). The van der Waals surface area contributed by atoms with E-state index in [9.17, 15) is 0 Å². The Hall–Kier alpha value is -6.92. The lowest BCUT2D eigenvalue weighted by atomic mass is 10.3. The van der Waals surface area contributed by atoms with Crippen LogP contribution in [0.5, 0.6) is 0 Å². The van der Waals surface area contributed by atoms with Crippen LogP contribution in [0.2, 0.25) is 0 Å². The summed E-state index contributed by atoms with van der Waals surface area (Å²) in [7, 11) is -20.9. The van der Waals surface area contributed by atoms with Crippen LogP contribution in [0, 0.1) is 0 Å². The van der Waals surface area contributed by atoms with Gasteiger partial charge in [-0.05, 0) is 46.7 Å². The Kier molecular flexibility index (Phi) is 12.9. The maximum absolute atomic E-state index is 8.78. The van der Waals surface area contributed by atoms with Crippen LogP contribution >= 0.6 is 0 Å². The topological polar surface area (TPSA) is 46.2 Å². The Morgan fingerprint density at radius 3 is 0.629 bits per heavy atom. The van der Waals surface area contributed by atoms with Crippen LogP contribution in [-0.4, -0.2) is 42.8 Å². The highest BCUT2D eigenvalue weighted by Gasteiger charge is 2.70. The van der Waals surface area contributed by atoms with Gasteiger partial charge in [0.15, 0.2) is 0 Å². The highest BCUT2D eigenvalue weighted by molar-refractivity contribution is 7.17. The van der Waals surface area contributed by atoms with Crippen molar-refractivity contribution in [2.75, 3.05) is 0 Å². The normalized spacial score (nSPS) is 16.0. The second kappa shape index (κ2) is 19.8. The highest BCUT2D eigenvalue weighted by Crippen LogP contribution is 2.34. The molecule has 340 valence electrons. The third-order valence-electron chi connectivity index (χ3n) is 13.0. The van der Waals surface area contributed by atoms with Gasteiger partial charge in [-0.2, -0.15) is 0 Å². The van der Waals surface area contributed by atoms with Gasteiger partial charge in [-0.3, -0.25) is 0 Å². The Bertz CT molecular complexity index is 2910. The molecule has 0 unspecified atom stereocenters. The molecule has 0 bridgehead atoms. The summed E-state index contributed by atoms with van der Waals surface area (Å²) in [6, 6.07) is 105. The summed E-state index contributed by atoms with van der Waals surface area (Å²) in [4.78, 5) is 0. The van der Waals surface area contributed by atoms with E-state index in [4.69, 9.17) is 20.6 Å². The molecule has 1 aliphatic rings. The maximum atomic E-state index is 8.78. The number of hydrogen-bond acceptors (Lipinski definition) is 5. The zero-order valence-electron chi connectivity index (χ0n) is 38.4. The molecule has 0 aromatic heterocycles. The van der Waals surface area contributed by atoms with Crippen molar-refractivity contribution in [3.8, 4) is 0 Å². The van der Waals surface area contributed by atoms with E-state index < -0.39 is 42.8 Å². The second-order valence-electron chi connectivity index (χ2n) is 17.3. The van der Waals surface area contributed by atoms with Crippen molar-refractivity contribution < 1.29 is 20.6 Å². The fraction of sp³-hybridized carbons (Fsp3) is 0. The van der Waals surface area contributed by atoms with Gasteiger partial charge in [-0.25, -0.2) is 0 Å². The second-order valence-corrected chi connectivity index (χ2v) is 33.3. The average Bonchev–Trinajstić information content (AvgIpc) is 3.45. The van der Waals surface area contributed by atoms with E-state index in [0.717, 1.165) is 51.9 Å². The minimum Gasteiger partial charge on any atom is -0.402 e. The lowest BCUT2D eigenvalue weighted by molar-refractivity contribution is 0.206. The van der Waals surface area contributed by atoms with Gasteiger partial charge in [0, 0.05) is 5.19 Å². The van der Waals surface area contributed by atoms with Crippen molar-refractivity contribution in [1.29, 1.82) is 0 Å². The molecule has 1 heterocycles. The molecule has 10 heteroatoms. The summed E-state index contributed by atoms with van der Waals surface area (Å²) >= 11 is 0. The van der Waals surface area contributed by atoms with Gasteiger partial charge in [0.25, 0.3) is 8.32 Å². The predicted octanol–water partition coefficient (Wildman–Crippen LogP) is 6.37. The molecule has 1 aliphatic heterocycles. The number of benzene rings is 10. The molecule has 70 heavy (non-hydrogen) atoms. The third-order valence-corrected chi connectivity index (χ3v) is 35.4. The molecular formula is C60H50O5Si5. The molecule has 0 spiro atoms. The van der Waals surface area contributed by atoms with Gasteiger partial charge in [0.2, 0.25) is 0 Å². The fourth-order valence-corrected chi connectivity index (χ4v) is 37.8. The molecule has 10 aromatic rings. The highest BCUT2D eigenvalue weighted by atomic mass is 28.5. The Morgan fingerprint density at radius 2 is 0.400 bits per heavy atom. The van der Waals surface area contributed by atoms with E-state index in [1.807, 2.05) is 42.5 Å². The van der Waals surface area contributed by atoms with Crippen LogP contribution in [0.1, 0.15) is 0 Å². The first-order chi connectivity index (χ1) is 34.6. The van der Waals surface area contributed by atoms with Crippen LogP contribution in [0.3, 0.4) is 0 Å². The molecule has 1 fully saturated rings. The standard InChI is InChI=1S/C60H50O5Si5/c1-11-31-51(32-12-1)66(52-33-13-2-14-34-52,53-35-15-3-16-36-53)61-70(60-49-29-10-30-50-60)64-68(56-41-21-6-22-42-56,57-43-23-7-24-44-57)62-67(54-37-17-4-18-38-54,55-39-19-5-20-40-55)63-69(65-70,58-45-25-8-26-46-58)59-47-27-9-28-48-59/h1-50H. The van der Waals surface area contributed by atoms with E-state index in [1.165, 1.54) is 0 Å². The van der Waals surface area contributed by atoms with E-state index in [1.54, 1.807) is 0 Å². The van der Waals surface area contributed by atoms with Gasteiger partial charge in [-0.15, -0.1) is 0 Å². The first-order valence-corrected chi connectivity index (χ1v) is 32.7. The maximum Gasteiger partial charge on any atom is 0.510 e. The van der Waals surface area contributed by atoms with E-state index in [0.29, 0.717) is 0 Å². The van der Waals surface area contributed by atoms with Crippen LogP contribution in [-0.2, 0) is 20.6 Å². The van der Waals surface area contributed by atoms with Crippen molar-refractivity contribution in [1.82, 2.24) is 0 Å². The quantitative estimate of drug-likeness (QED) is 0.105. The summed E-state index contributed by atoms with van der Waals surface area (Å²) in [6.45, 7) is 0. The molecule has 0 N–H and O–H groups in total. The third kappa shape index (κ3) is 8.29. The van der Waals surface area contributed by atoms with Gasteiger partial charge < -0.3 is 20.6 Å². The van der Waals surface area contributed by atoms with Crippen LogP contribution in [0.15, 0.2) is 303 Å². The van der Waals surface area contributed by atoms with Gasteiger partial charge in [-0.1, -0.05) is 303 Å². The monoisotopic (exact) mass is 990 g/mol. The van der Waals surface area contributed by atoms with E-state index >= 15 is 0 Å². The SMILES string of the molecule is c1ccc([Si]2(O[Si](c3ccccc3)(c3ccccc3)c3ccccc3)O[Si](c3ccccc3)(c3ccccc3)O[Si](c3ccccc3)(c3ccccc3)O[Si](c3ccccc3)(c3ccccc3)O2)cc1. The van der Waals surface area contributed by atoms with E-state index in [2.05, 4.69) is 261 Å². The summed E-state index contributed by atoms with van der Waals surface area (Å²) in [5.41, 5.74) is 0. The average molecular weight is 991 g/mol. The lowest BCUT2D eigenvalue weighted by Crippen LogP contribution is -2.88. The Labute approximate surface area is 416 Å². The largest absolute Gasteiger partial charge is 0.510 e. The molecular weight excluding hydrogens is 941 g/mol. The zero-order chi connectivity index (χ0) is 47.2. The zero-order valence-corrected chi connectivity index (χ0v) is 43.4. The Morgan fingerprint density at radius 1 is 0.214 bits per heavy atom. The molecule has 0 radical (unpaired) electrons. The molecule has 10 aromatic carbocycles. The van der Waals surface area contributed by atoms with Crippen LogP contribution in [0.25, 0.3) is 0 Å². The van der Waals surface area contributed by atoms with Crippen molar-refractivity contribution >= 4 is 94.7 Å². The molecule has 5 nitrogen and oxygen atoms in total.